The van der Waals surface area contributed by atoms with Gasteiger partial charge in [-0.25, -0.2) is 0 Å². The fourth-order valence-corrected chi connectivity index (χ4v) is 1.30. The second-order valence-corrected chi connectivity index (χ2v) is 3.20. The lowest BCUT2D eigenvalue weighted by molar-refractivity contribution is -0.138. The van der Waals surface area contributed by atoms with Crippen LogP contribution in [0.4, 0.5) is 18.9 Å². The van der Waals surface area contributed by atoms with E-state index in [1.807, 2.05) is 0 Å². The van der Waals surface area contributed by atoms with Crippen LogP contribution in [-0.4, -0.2) is 12.9 Å². The lowest BCUT2D eigenvalue weighted by Gasteiger charge is -2.15. The highest BCUT2D eigenvalue weighted by atomic mass is 19.4. The Morgan fingerprint density at radius 3 is 2.31 bits per heavy atom. The first-order valence-corrected chi connectivity index (χ1v) is 4.33. The molecule has 2 N–H and O–H groups in total. The topological polar surface area (TPSA) is 52.3 Å². The standard InChI is InChI=1S/C10H10F3NO2/c1-5(15)6-3-7(14)9(10(11,12)13)8(4-6)16-2/h3-4H,14H2,1-2H3. The normalized spacial score (nSPS) is 11.3. The Hall–Kier alpha value is -1.72. The number of carbonyl (C=O) groups is 1. The number of alkyl halides is 3. The van der Waals surface area contributed by atoms with Crippen LogP contribution in [0.3, 0.4) is 0 Å². The molecule has 0 fully saturated rings. The summed E-state index contributed by atoms with van der Waals surface area (Å²) in [6.07, 6.45) is -4.61. The third kappa shape index (κ3) is 2.26. The molecule has 6 heteroatoms. The summed E-state index contributed by atoms with van der Waals surface area (Å²) in [5.74, 6) is -0.823. The van der Waals surface area contributed by atoms with Crippen molar-refractivity contribution in [1.29, 1.82) is 0 Å². The van der Waals surface area contributed by atoms with Crippen molar-refractivity contribution in [3.05, 3.63) is 23.3 Å². The Morgan fingerprint density at radius 1 is 1.38 bits per heavy atom. The highest BCUT2D eigenvalue weighted by Crippen LogP contribution is 2.40. The van der Waals surface area contributed by atoms with Gasteiger partial charge in [-0.3, -0.25) is 4.79 Å². The second kappa shape index (κ2) is 4.03. The largest absolute Gasteiger partial charge is 0.496 e. The van der Waals surface area contributed by atoms with Crippen molar-refractivity contribution in [3.8, 4) is 5.75 Å². The lowest BCUT2D eigenvalue weighted by atomic mass is 10.0. The monoisotopic (exact) mass is 233 g/mol. The molecule has 0 aromatic heterocycles. The molecule has 0 amide bonds. The van der Waals surface area contributed by atoms with E-state index in [0.29, 0.717) is 0 Å². The van der Waals surface area contributed by atoms with Crippen LogP contribution in [0.25, 0.3) is 0 Å². The minimum atomic E-state index is -4.61. The molecule has 3 nitrogen and oxygen atoms in total. The fraction of sp³-hybridized carbons (Fsp3) is 0.300. The van der Waals surface area contributed by atoms with E-state index < -0.39 is 23.2 Å². The summed E-state index contributed by atoms with van der Waals surface area (Å²) in [7, 11) is 1.09. The average molecular weight is 233 g/mol. The highest BCUT2D eigenvalue weighted by Gasteiger charge is 2.37. The van der Waals surface area contributed by atoms with E-state index in [2.05, 4.69) is 4.74 Å². The van der Waals surface area contributed by atoms with Gasteiger partial charge in [0, 0.05) is 11.3 Å². The Kier molecular flexibility index (Phi) is 3.11. The molecule has 1 rings (SSSR count). The summed E-state index contributed by atoms with van der Waals surface area (Å²) in [6.45, 7) is 1.24. The Labute approximate surface area is 90.0 Å². The number of hydrogen-bond donors (Lipinski definition) is 1. The van der Waals surface area contributed by atoms with Gasteiger partial charge in [0.2, 0.25) is 0 Å². The van der Waals surface area contributed by atoms with Crippen molar-refractivity contribution in [2.24, 2.45) is 0 Å². The number of benzene rings is 1. The van der Waals surface area contributed by atoms with Gasteiger partial charge in [-0.15, -0.1) is 0 Å². The van der Waals surface area contributed by atoms with E-state index in [1.54, 1.807) is 0 Å². The molecule has 0 bridgehead atoms. The van der Waals surface area contributed by atoms with E-state index in [9.17, 15) is 18.0 Å². The molecule has 0 radical (unpaired) electrons. The number of carbonyl (C=O) groups excluding carboxylic acids is 1. The molecule has 0 aliphatic carbocycles. The molecule has 0 atom stereocenters. The molecule has 0 aliphatic rings. The number of ketones is 1. The van der Waals surface area contributed by atoms with Crippen LogP contribution in [0.1, 0.15) is 22.8 Å². The molecular weight excluding hydrogens is 223 g/mol. The van der Waals surface area contributed by atoms with Crippen LogP contribution >= 0.6 is 0 Å². The summed E-state index contributed by atoms with van der Waals surface area (Å²) in [5, 5.41) is 0. The zero-order valence-corrected chi connectivity index (χ0v) is 8.68. The fourth-order valence-electron chi connectivity index (χ4n) is 1.30. The van der Waals surface area contributed by atoms with E-state index in [1.165, 1.54) is 6.92 Å². The molecule has 16 heavy (non-hydrogen) atoms. The van der Waals surface area contributed by atoms with Crippen molar-refractivity contribution in [2.75, 3.05) is 12.8 Å². The number of anilines is 1. The van der Waals surface area contributed by atoms with Crippen LogP contribution in [0.5, 0.6) is 5.75 Å². The third-order valence-corrected chi connectivity index (χ3v) is 2.04. The van der Waals surface area contributed by atoms with Gasteiger partial charge in [0.25, 0.3) is 0 Å². The van der Waals surface area contributed by atoms with Gasteiger partial charge < -0.3 is 10.5 Å². The van der Waals surface area contributed by atoms with Gasteiger partial charge in [0.15, 0.2) is 5.78 Å². The van der Waals surface area contributed by atoms with Gasteiger partial charge in [-0.1, -0.05) is 0 Å². The van der Waals surface area contributed by atoms with Gasteiger partial charge in [0.05, 0.1) is 7.11 Å². The van der Waals surface area contributed by atoms with Crippen molar-refractivity contribution in [2.45, 2.75) is 13.1 Å². The third-order valence-electron chi connectivity index (χ3n) is 2.04. The van der Waals surface area contributed by atoms with Gasteiger partial charge in [-0.05, 0) is 19.1 Å². The Morgan fingerprint density at radius 2 is 1.94 bits per heavy atom. The van der Waals surface area contributed by atoms with E-state index >= 15 is 0 Å². The Bertz CT molecular complexity index is 427. The van der Waals surface area contributed by atoms with Crippen LogP contribution in [0, 0.1) is 0 Å². The SMILES string of the molecule is COc1cc(C(C)=O)cc(N)c1C(F)(F)F. The van der Waals surface area contributed by atoms with Crippen LogP contribution < -0.4 is 10.5 Å². The maximum Gasteiger partial charge on any atom is 0.421 e. The zero-order valence-electron chi connectivity index (χ0n) is 8.68. The molecule has 0 saturated heterocycles. The first kappa shape index (κ1) is 12.4. The minimum Gasteiger partial charge on any atom is -0.496 e. The number of nitrogens with two attached hydrogens (primary N) is 1. The number of rotatable bonds is 2. The molecule has 0 saturated carbocycles. The van der Waals surface area contributed by atoms with E-state index in [-0.39, 0.29) is 11.3 Å². The predicted molar refractivity (Wildman–Crippen MR) is 52.4 cm³/mol. The van der Waals surface area contributed by atoms with Gasteiger partial charge >= 0.3 is 6.18 Å². The molecule has 0 spiro atoms. The van der Waals surface area contributed by atoms with Crippen molar-refractivity contribution in [3.63, 3.8) is 0 Å². The number of methoxy groups -OCH3 is 1. The van der Waals surface area contributed by atoms with Gasteiger partial charge in [-0.2, -0.15) is 13.2 Å². The summed E-state index contributed by atoms with van der Waals surface area (Å²) >= 11 is 0. The quantitative estimate of drug-likeness (QED) is 0.630. The van der Waals surface area contributed by atoms with Crippen LogP contribution in [0.15, 0.2) is 12.1 Å². The molecule has 1 aromatic rings. The number of hydrogen-bond acceptors (Lipinski definition) is 3. The first-order chi connectivity index (χ1) is 7.27. The van der Waals surface area contributed by atoms with Crippen molar-refractivity contribution < 1.29 is 22.7 Å². The molecule has 0 heterocycles. The van der Waals surface area contributed by atoms with Crippen molar-refractivity contribution in [1.82, 2.24) is 0 Å². The summed E-state index contributed by atoms with van der Waals surface area (Å²) < 4.78 is 42.3. The second-order valence-electron chi connectivity index (χ2n) is 3.20. The number of ether oxygens (including phenoxy) is 1. The smallest absolute Gasteiger partial charge is 0.421 e. The molecule has 0 aliphatic heterocycles. The summed E-state index contributed by atoms with van der Waals surface area (Å²) in [4.78, 5) is 11.0. The minimum absolute atomic E-state index is 0.0855. The maximum atomic E-state index is 12.6. The molecule has 88 valence electrons. The zero-order chi connectivity index (χ0) is 12.5. The molecular formula is C10H10F3NO2. The summed E-state index contributed by atoms with van der Waals surface area (Å²) in [5.41, 5.74) is 3.78. The highest BCUT2D eigenvalue weighted by molar-refractivity contribution is 5.95. The van der Waals surface area contributed by atoms with Crippen LogP contribution in [0.2, 0.25) is 0 Å². The molecule has 1 aromatic carbocycles. The van der Waals surface area contributed by atoms with Crippen LogP contribution in [-0.2, 0) is 6.18 Å². The average Bonchev–Trinajstić information content (AvgIpc) is 2.14. The first-order valence-electron chi connectivity index (χ1n) is 4.33. The Balaban J connectivity index is 3.46. The maximum absolute atomic E-state index is 12.6. The number of nitrogen functional groups attached to an aromatic ring is 1. The lowest BCUT2D eigenvalue weighted by Crippen LogP contribution is -2.12. The van der Waals surface area contributed by atoms with E-state index in [4.69, 9.17) is 5.73 Å². The molecule has 0 unspecified atom stereocenters. The number of halogens is 3. The summed E-state index contributed by atoms with van der Waals surface area (Å²) in [6, 6.07) is 2.02. The van der Waals surface area contributed by atoms with Crippen molar-refractivity contribution >= 4 is 11.5 Å². The van der Waals surface area contributed by atoms with Gasteiger partial charge in [0.1, 0.15) is 11.3 Å². The predicted octanol–water partition coefficient (Wildman–Crippen LogP) is 2.50. The number of Topliss-reactive ketones (excluding diaryl/α,β-unsaturated/α-hetero) is 1. The van der Waals surface area contributed by atoms with E-state index in [0.717, 1.165) is 19.2 Å².